The Hall–Kier alpha value is -1.74. The van der Waals surface area contributed by atoms with Crippen LogP contribution in [-0.4, -0.2) is 54.0 Å². The molecule has 0 bridgehead atoms. The Labute approximate surface area is 181 Å². The number of benzene rings is 1. The third kappa shape index (κ3) is 4.19. The summed E-state index contributed by atoms with van der Waals surface area (Å²) in [7, 11) is -3.06. The van der Waals surface area contributed by atoms with E-state index < -0.39 is 9.84 Å². The number of carbonyl (C=O) groups excluding carboxylic acids is 1. The van der Waals surface area contributed by atoms with E-state index in [1.165, 1.54) is 37.4 Å². The quantitative estimate of drug-likeness (QED) is 0.682. The number of hydrogen-bond acceptors (Lipinski definition) is 6. The molecule has 3 aliphatic heterocycles. The van der Waals surface area contributed by atoms with Gasteiger partial charge in [-0.1, -0.05) is 43.5 Å². The Bertz CT molecular complexity index is 972. The average molecular weight is 451 g/mol. The van der Waals surface area contributed by atoms with Crippen LogP contribution in [0.5, 0.6) is 11.5 Å². The summed E-state index contributed by atoms with van der Waals surface area (Å²) in [5, 5.41) is 0.597. The lowest BCUT2D eigenvalue weighted by Crippen LogP contribution is -2.37. The first-order valence-electron chi connectivity index (χ1n) is 10.6. The van der Waals surface area contributed by atoms with Crippen molar-refractivity contribution in [2.75, 3.05) is 18.3 Å². The number of hydrogen-bond donors (Lipinski definition) is 0. The molecule has 4 aliphatic rings. The summed E-state index contributed by atoms with van der Waals surface area (Å²) in [4.78, 5) is 19.0. The number of aliphatic imine (C=N–C) groups is 1. The van der Waals surface area contributed by atoms with Crippen LogP contribution in [0.3, 0.4) is 0 Å². The van der Waals surface area contributed by atoms with Gasteiger partial charge < -0.3 is 14.4 Å². The number of sulfone groups is 1. The zero-order chi connectivity index (χ0) is 20.7. The number of amides is 1. The van der Waals surface area contributed by atoms with Crippen LogP contribution in [0, 0.1) is 5.92 Å². The van der Waals surface area contributed by atoms with Crippen LogP contribution in [0.15, 0.2) is 23.2 Å². The van der Waals surface area contributed by atoms with Gasteiger partial charge in [0.05, 0.1) is 17.5 Å². The third-order valence-electron chi connectivity index (χ3n) is 6.43. The number of amidine groups is 1. The monoisotopic (exact) mass is 450 g/mol. The Morgan fingerprint density at radius 1 is 1.17 bits per heavy atom. The molecule has 30 heavy (non-hydrogen) atoms. The smallest absolute Gasteiger partial charge is 0.248 e. The van der Waals surface area contributed by atoms with Crippen LogP contribution in [0.4, 0.5) is 0 Å². The maximum Gasteiger partial charge on any atom is 0.248 e. The summed E-state index contributed by atoms with van der Waals surface area (Å²) in [5.74, 6) is 2.23. The van der Waals surface area contributed by atoms with Gasteiger partial charge >= 0.3 is 0 Å². The third-order valence-corrected chi connectivity index (χ3v) is 9.67. The molecular weight excluding hydrogens is 424 g/mol. The van der Waals surface area contributed by atoms with Gasteiger partial charge in [-0.05, 0) is 30.0 Å². The molecule has 0 aromatic heterocycles. The van der Waals surface area contributed by atoms with E-state index in [2.05, 4.69) is 4.99 Å². The molecule has 0 N–H and O–H groups in total. The van der Waals surface area contributed by atoms with E-state index >= 15 is 0 Å². The number of fused-ring (bicyclic) bond motifs is 2. The fourth-order valence-electron chi connectivity index (χ4n) is 4.85. The van der Waals surface area contributed by atoms with Crippen LogP contribution < -0.4 is 9.47 Å². The van der Waals surface area contributed by atoms with E-state index in [1.54, 1.807) is 0 Å². The normalized spacial score (nSPS) is 28.4. The fourth-order valence-corrected chi connectivity index (χ4v) is 8.81. The fraction of sp³-hybridized carbons (Fsp3) is 0.619. The summed E-state index contributed by atoms with van der Waals surface area (Å²) in [5.41, 5.74) is 0.982. The van der Waals surface area contributed by atoms with Crippen LogP contribution in [-0.2, 0) is 21.2 Å². The number of ether oxygens (including phenoxy) is 2. The molecule has 0 radical (unpaired) electrons. The summed E-state index contributed by atoms with van der Waals surface area (Å²) in [6.45, 7) is 0.707. The van der Waals surface area contributed by atoms with Crippen molar-refractivity contribution in [2.45, 2.75) is 56.4 Å². The zero-order valence-electron chi connectivity index (χ0n) is 16.8. The highest BCUT2D eigenvalue weighted by Gasteiger charge is 2.48. The summed E-state index contributed by atoms with van der Waals surface area (Å²) < 4.78 is 35.2. The minimum Gasteiger partial charge on any atom is -0.454 e. The Morgan fingerprint density at radius 2 is 1.97 bits per heavy atom. The number of rotatable bonds is 5. The molecule has 162 valence electrons. The molecule has 7 nitrogen and oxygen atoms in total. The predicted molar refractivity (Wildman–Crippen MR) is 116 cm³/mol. The van der Waals surface area contributed by atoms with Gasteiger partial charge in [-0.25, -0.2) is 8.42 Å². The number of thioether (sulfide) groups is 1. The van der Waals surface area contributed by atoms with Gasteiger partial charge in [0.15, 0.2) is 26.5 Å². The van der Waals surface area contributed by atoms with Gasteiger partial charge in [0.1, 0.15) is 0 Å². The van der Waals surface area contributed by atoms with Gasteiger partial charge in [-0.2, -0.15) is 4.99 Å². The Morgan fingerprint density at radius 3 is 2.80 bits per heavy atom. The molecule has 0 spiro atoms. The molecule has 2 atom stereocenters. The summed E-state index contributed by atoms with van der Waals surface area (Å²) in [6, 6.07) is 5.59. The Kier molecular flexibility index (Phi) is 5.43. The molecule has 5 rings (SSSR count). The first-order valence-corrected chi connectivity index (χ1v) is 13.3. The average Bonchev–Trinajstić information content (AvgIpc) is 3.46. The number of carbonyl (C=O) groups is 1. The molecule has 3 fully saturated rings. The van der Waals surface area contributed by atoms with Crippen molar-refractivity contribution in [3.8, 4) is 11.5 Å². The van der Waals surface area contributed by atoms with E-state index in [4.69, 9.17) is 9.47 Å². The van der Waals surface area contributed by atoms with Crippen LogP contribution >= 0.6 is 11.8 Å². The molecule has 2 saturated heterocycles. The van der Waals surface area contributed by atoms with Gasteiger partial charge in [-0.15, -0.1) is 0 Å². The minimum atomic E-state index is -3.06. The van der Waals surface area contributed by atoms with E-state index in [0.717, 1.165) is 12.0 Å². The van der Waals surface area contributed by atoms with Crippen molar-refractivity contribution in [3.05, 3.63) is 23.8 Å². The van der Waals surface area contributed by atoms with E-state index in [-0.39, 0.29) is 35.5 Å². The SMILES string of the molecule is O=C(CCC1CCCC1)N=C1SC2CS(=O)(=O)CC2N1Cc1ccc2c(c1)OCO2. The second-order valence-corrected chi connectivity index (χ2v) is 12.0. The molecule has 1 amide bonds. The van der Waals surface area contributed by atoms with Gasteiger partial charge in [-0.3, -0.25) is 4.79 Å². The van der Waals surface area contributed by atoms with Crippen molar-refractivity contribution >= 4 is 32.7 Å². The predicted octanol–water partition coefficient (Wildman–Crippen LogP) is 2.98. The largest absolute Gasteiger partial charge is 0.454 e. The molecule has 3 heterocycles. The first kappa shape index (κ1) is 20.2. The highest BCUT2D eigenvalue weighted by Crippen LogP contribution is 2.40. The lowest BCUT2D eigenvalue weighted by Gasteiger charge is -2.24. The van der Waals surface area contributed by atoms with Crippen LogP contribution in [0.1, 0.15) is 44.1 Å². The highest BCUT2D eigenvalue weighted by molar-refractivity contribution is 8.15. The standard InChI is InChI=1S/C21H26N2O5S2/c24-20(8-6-14-3-1-2-4-14)22-21-23(16-11-30(25,26)12-19(16)29-21)10-15-5-7-17-18(9-15)28-13-27-17/h5,7,9,14,16,19H,1-4,6,8,10-13H2. The maximum absolute atomic E-state index is 12.6. The van der Waals surface area contributed by atoms with Crippen LogP contribution in [0.2, 0.25) is 0 Å². The molecule has 2 unspecified atom stereocenters. The van der Waals surface area contributed by atoms with Crippen molar-refractivity contribution in [1.29, 1.82) is 0 Å². The Balaban J connectivity index is 1.33. The van der Waals surface area contributed by atoms with Crippen molar-refractivity contribution in [1.82, 2.24) is 4.90 Å². The first-order chi connectivity index (χ1) is 14.5. The number of nitrogens with zero attached hydrogens (tertiary/aromatic N) is 2. The summed E-state index contributed by atoms with van der Waals surface area (Å²) in [6.07, 6.45) is 6.35. The van der Waals surface area contributed by atoms with Crippen molar-refractivity contribution in [3.63, 3.8) is 0 Å². The molecular formula is C21H26N2O5S2. The van der Waals surface area contributed by atoms with Crippen molar-refractivity contribution < 1.29 is 22.7 Å². The second-order valence-electron chi connectivity index (χ2n) is 8.59. The molecule has 1 aromatic rings. The minimum absolute atomic E-state index is 0.0645. The van der Waals surface area contributed by atoms with E-state index in [0.29, 0.717) is 35.6 Å². The van der Waals surface area contributed by atoms with Crippen molar-refractivity contribution in [2.24, 2.45) is 10.9 Å². The van der Waals surface area contributed by atoms with Gasteiger partial charge in [0.2, 0.25) is 12.7 Å². The van der Waals surface area contributed by atoms with Gasteiger partial charge in [0, 0.05) is 18.2 Å². The maximum atomic E-state index is 12.6. The summed E-state index contributed by atoms with van der Waals surface area (Å²) >= 11 is 1.44. The molecule has 1 aromatic carbocycles. The zero-order valence-corrected chi connectivity index (χ0v) is 18.4. The molecule has 1 saturated carbocycles. The topological polar surface area (TPSA) is 85.3 Å². The second kappa shape index (κ2) is 8.07. The van der Waals surface area contributed by atoms with E-state index in [1.807, 2.05) is 23.1 Å². The van der Waals surface area contributed by atoms with E-state index in [9.17, 15) is 13.2 Å². The van der Waals surface area contributed by atoms with Gasteiger partial charge in [0.25, 0.3) is 0 Å². The lowest BCUT2D eigenvalue weighted by atomic mass is 10.0. The molecule has 1 aliphatic carbocycles. The highest BCUT2D eigenvalue weighted by atomic mass is 32.2. The lowest BCUT2D eigenvalue weighted by molar-refractivity contribution is -0.118. The molecule has 9 heteroatoms. The van der Waals surface area contributed by atoms with Crippen LogP contribution in [0.25, 0.3) is 0 Å².